The second kappa shape index (κ2) is 6.54. The number of hydrogen-bond acceptors (Lipinski definition) is 4. The highest BCUT2D eigenvalue weighted by atomic mass is 79.9. The Bertz CT molecular complexity index is 695. The van der Waals surface area contributed by atoms with Crippen LogP contribution in [-0.4, -0.2) is 11.7 Å². The van der Waals surface area contributed by atoms with Crippen molar-refractivity contribution in [2.75, 3.05) is 6.61 Å². The summed E-state index contributed by atoms with van der Waals surface area (Å²) in [5.41, 5.74) is 0. The van der Waals surface area contributed by atoms with E-state index in [2.05, 4.69) is 52.3 Å². The fourth-order valence-corrected chi connectivity index (χ4v) is 5.57. The normalized spacial score (nSPS) is 11.1. The van der Waals surface area contributed by atoms with Crippen molar-refractivity contribution in [2.45, 2.75) is 12.8 Å². The van der Waals surface area contributed by atoms with Gasteiger partial charge in [0, 0.05) is 31.0 Å². The first-order valence-corrected chi connectivity index (χ1v) is 9.56. The molecule has 0 bridgehead atoms. The average molecular weight is 385 g/mol. The zero-order valence-electron chi connectivity index (χ0n) is 10.6. The summed E-state index contributed by atoms with van der Waals surface area (Å²) in [4.78, 5) is 6.63. The molecular weight excluding hydrogens is 372 g/mol. The van der Waals surface area contributed by atoms with Crippen LogP contribution in [0.1, 0.15) is 11.3 Å². The lowest BCUT2D eigenvalue weighted by Crippen LogP contribution is -1.84. The number of aryl methyl sites for hydroxylation is 1. The van der Waals surface area contributed by atoms with Crippen LogP contribution in [0.3, 0.4) is 0 Å². The van der Waals surface area contributed by atoms with Crippen LogP contribution in [0.5, 0.6) is 0 Å². The molecule has 0 fully saturated rings. The monoisotopic (exact) mass is 384 g/mol. The Hall–Kier alpha value is -0.460. The third-order valence-electron chi connectivity index (χ3n) is 2.91. The summed E-state index contributed by atoms with van der Waals surface area (Å²) < 4.78 is 1.17. The Morgan fingerprint density at radius 2 is 1.40 bits per heavy atom. The zero-order valence-corrected chi connectivity index (χ0v) is 14.7. The van der Waals surface area contributed by atoms with Crippen LogP contribution in [-0.2, 0) is 6.42 Å². The van der Waals surface area contributed by atoms with Gasteiger partial charge in [0.1, 0.15) is 0 Å². The number of thiophene rings is 3. The minimum Gasteiger partial charge on any atom is -0.396 e. The van der Waals surface area contributed by atoms with E-state index in [0.717, 1.165) is 12.8 Å². The maximum Gasteiger partial charge on any atom is 0.0705 e. The highest BCUT2D eigenvalue weighted by Gasteiger charge is 2.09. The van der Waals surface area contributed by atoms with E-state index in [0.29, 0.717) is 0 Å². The Labute approximate surface area is 138 Å². The van der Waals surface area contributed by atoms with Crippen molar-refractivity contribution in [3.05, 3.63) is 45.1 Å². The maximum atomic E-state index is 8.89. The molecule has 3 aromatic rings. The molecule has 20 heavy (non-hydrogen) atoms. The summed E-state index contributed by atoms with van der Waals surface area (Å²) >= 11 is 8.95. The van der Waals surface area contributed by atoms with E-state index in [1.165, 1.54) is 28.2 Å². The van der Waals surface area contributed by atoms with Gasteiger partial charge in [-0.3, -0.25) is 0 Å². The maximum absolute atomic E-state index is 8.89. The lowest BCUT2D eigenvalue weighted by molar-refractivity contribution is 0.289. The van der Waals surface area contributed by atoms with Gasteiger partial charge >= 0.3 is 0 Å². The van der Waals surface area contributed by atoms with Gasteiger partial charge in [-0.2, -0.15) is 0 Å². The fraction of sp³-hybridized carbons (Fsp3) is 0.200. The van der Waals surface area contributed by atoms with E-state index in [1.54, 1.807) is 11.3 Å². The van der Waals surface area contributed by atoms with Crippen molar-refractivity contribution < 1.29 is 5.11 Å². The largest absolute Gasteiger partial charge is 0.396 e. The molecule has 3 rings (SSSR count). The summed E-state index contributed by atoms with van der Waals surface area (Å²) in [6, 6.07) is 13.0. The highest BCUT2D eigenvalue weighted by molar-refractivity contribution is 9.11. The molecule has 0 saturated heterocycles. The Kier molecular flexibility index (Phi) is 4.73. The number of rotatable bonds is 5. The van der Waals surface area contributed by atoms with Gasteiger partial charge in [0.2, 0.25) is 0 Å². The smallest absolute Gasteiger partial charge is 0.0705 e. The van der Waals surface area contributed by atoms with Crippen LogP contribution in [0.4, 0.5) is 0 Å². The molecular formula is C15H13BrOS3. The van der Waals surface area contributed by atoms with Crippen molar-refractivity contribution in [2.24, 2.45) is 0 Å². The number of halogens is 1. The molecule has 0 aliphatic carbocycles. The first-order chi connectivity index (χ1) is 9.76. The van der Waals surface area contributed by atoms with Gasteiger partial charge in [0.05, 0.1) is 3.79 Å². The molecule has 0 aliphatic heterocycles. The molecule has 0 radical (unpaired) electrons. The molecule has 0 saturated carbocycles. The van der Waals surface area contributed by atoms with Crippen molar-refractivity contribution in [3.8, 4) is 19.5 Å². The lowest BCUT2D eigenvalue weighted by Gasteiger charge is -1.93. The Balaban J connectivity index is 1.81. The standard InChI is InChI=1S/C15H13BrOS3/c16-15-8-7-14(20-15)13-6-5-12(19-13)11-4-3-10(18-11)2-1-9-17/h3-8,17H,1-2,9H2. The van der Waals surface area contributed by atoms with Crippen LogP contribution in [0.15, 0.2) is 40.2 Å². The van der Waals surface area contributed by atoms with Gasteiger partial charge in [0.15, 0.2) is 0 Å². The second-order valence-corrected chi connectivity index (χ2v) is 9.08. The summed E-state index contributed by atoms with van der Waals surface area (Å²) in [6.07, 6.45) is 1.82. The molecule has 104 valence electrons. The zero-order chi connectivity index (χ0) is 13.9. The van der Waals surface area contributed by atoms with Crippen LogP contribution < -0.4 is 0 Å². The molecule has 1 N–H and O–H groups in total. The van der Waals surface area contributed by atoms with E-state index in [9.17, 15) is 0 Å². The van der Waals surface area contributed by atoms with Gasteiger partial charge in [-0.1, -0.05) is 0 Å². The van der Waals surface area contributed by atoms with E-state index < -0.39 is 0 Å². The summed E-state index contributed by atoms with van der Waals surface area (Å²) in [5, 5.41) is 8.89. The molecule has 0 aromatic carbocycles. The van der Waals surface area contributed by atoms with Gasteiger partial charge < -0.3 is 5.11 Å². The molecule has 1 nitrogen and oxygen atoms in total. The second-order valence-electron chi connectivity index (χ2n) is 4.36. The summed E-state index contributed by atoms with van der Waals surface area (Å²) in [7, 11) is 0. The minimum atomic E-state index is 0.267. The van der Waals surface area contributed by atoms with Crippen molar-refractivity contribution >= 4 is 49.9 Å². The van der Waals surface area contributed by atoms with E-state index >= 15 is 0 Å². The van der Waals surface area contributed by atoms with Crippen LogP contribution >= 0.6 is 49.9 Å². The molecule has 3 heterocycles. The molecule has 0 atom stereocenters. The first kappa shape index (κ1) is 14.5. The SMILES string of the molecule is OCCCc1ccc(-c2ccc(-c3ccc(Br)s3)s2)s1. The van der Waals surface area contributed by atoms with Gasteiger partial charge in [0.25, 0.3) is 0 Å². The molecule has 0 spiro atoms. The quantitative estimate of drug-likeness (QED) is 0.580. The van der Waals surface area contributed by atoms with E-state index in [-0.39, 0.29) is 6.61 Å². The van der Waals surface area contributed by atoms with E-state index in [4.69, 9.17) is 5.11 Å². The van der Waals surface area contributed by atoms with Crippen LogP contribution in [0.25, 0.3) is 19.5 Å². The van der Waals surface area contributed by atoms with Crippen molar-refractivity contribution in [3.63, 3.8) is 0 Å². The van der Waals surface area contributed by atoms with Gasteiger partial charge in [-0.05, 0) is 65.2 Å². The lowest BCUT2D eigenvalue weighted by atomic mass is 10.3. The molecule has 0 aliphatic rings. The Morgan fingerprint density at radius 3 is 2.05 bits per heavy atom. The fourth-order valence-electron chi connectivity index (χ4n) is 1.95. The average Bonchev–Trinajstić information content (AvgIpc) is 3.15. The van der Waals surface area contributed by atoms with Crippen molar-refractivity contribution in [1.29, 1.82) is 0 Å². The van der Waals surface area contributed by atoms with Crippen LogP contribution in [0.2, 0.25) is 0 Å². The first-order valence-electron chi connectivity index (χ1n) is 6.32. The molecule has 0 amide bonds. The van der Waals surface area contributed by atoms with Gasteiger partial charge in [-0.15, -0.1) is 34.0 Å². The highest BCUT2D eigenvalue weighted by Crippen LogP contribution is 2.40. The number of hydrogen-bond donors (Lipinski definition) is 1. The summed E-state index contributed by atoms with van der Waals surface area (Å²) in [5.74, 6) is 0. The third kappa shape index (κ3) is 3.23. The molecule has 0 unspecified atom stereocenters. The topological polar surface area (TPSA) is 20.2 Å². The number of aliphatic hydroxyl groups is 1. The predicted octanol–water partition coefficient (Wildman–Crippen LogP) is 5.89. The number of aliphatic hydroxyl groups excluding tert-OH is 1. The van der Waals surface area contributed by atoms with Gasteiger partial charge in [-0.25, -0.2) is 0 Å². The summed E-state index contributed by atoms with van der Waals surface area (Å²) in [6.45, 7) is 0.267. The van der Waals surface area contributed by atoms with Crippen molar-refractivity contribution in [1.82, 2.24) is 0 Å². The van der Waals surface area contributed by atoms with E-state index in [1.807, 2.05) is 22.7 Å². The molecule has 3 aromatic heterocycles. The Morgan fingerprint density at radius 1 is 0.800 bits per heavy atom. The van der Waals surface area contributed by atoms with Crippen LogP contribution in [0, 0.1) is 0 Å². The molecule has 5 heteroatoms. The predicted molar refractivity (Wildman–Crippen MR) is 94.1 cm³/mol. The third-order valence-corrected chi connectivity index (χ3v) is 7.15. The minimum absolute atomic E-state index is 0.267.